The number of nitrogens with one attached hydrogen (secondary N) is 6. The largest absolute Gasteiger partial charge is 0.394 e. The van der Waals surface area contributed by atoms with E-state index < -0.39 is 295 Å². The van der Waals surface area contributed by atoms with Crippen molar-refractivity contribution in [3.63, 3.8) is 0 Å². The second kappa shape index (κ2) is 25.7. The van der Waals surface area contributed by atoms with Gasteiger partial charge in [0.25, 0.3) is 0 Å². The van der Waals surface area contributed by atoms with Gasteiger partial charge in [-0.3, -0.25) is 4.98 Å². The van der Waals surface area contributed by atoms with Crippen LogP contribution in [0.1, 0.15) is 28.3 Å². The lowest BCUT2D eigenvalue weighted by molar-refractivity contribution is 0.105. The number of rotatable bonds is 20. The molecule has 0 spiro atoms. The van der Waals surface area contributed by atoms with Crippen molar-refractivity contribution in [3.8, 4) is 44.5 Å². The number of aromatic amines is 2. The fourth-order valence-electron chi connectivity index (χ4n) is 9.94. The summed E-state index contributed by atoms with van der Waals surface area (Å²) in [6, 6.07) is 3.41. The molecule has 4 unspecified atom stereocenters. The monoisotopic (exact) mass is 1260 g/mol. The van der Waals surface area contributed by atoms with Gasteiger partial charge in [-0.1, -0.05) is 0 Å². The number of aliphatic hydroxyl groups excluding tert-OH is 8. The molecule has 9 rings (SSSR count). The molecular formula is C57H47F15N8O8. The highest BCUT2D eigenvalue weighted by atomic mass is 19.2. The van der Waals surface area contributed by atoms with Crippen LogP contribution in [0.5, 0.6) is 0 Å². The Kier molecular flexibility index (Phi) is 18.7. The lowest BCUT2D eigenvalue weighted by atomic mass is 9.95. The third kappa shape index (κ3) is 11.4. The Morgan fingerprint density at radius 1 is 0.352 bits per heavy atom. The Morgan fingerprint density at radius 3 is 0.898 bits per heavy atom. The van der Waals surface area contributed by atoms with Gasteiger partial charge in [-0.05, 0) is 61.7 Å². The first-order chi connectivity index (χ1) is 41.8. The lowest BCUT2D eigenvalue weighted by Gasteiger charge is -2.17. The summed E-state index contributed by atoms with van der Waals surface area (Å²) in [5.74, 6) is -32.1. The van der Waals surface area contributed by atoms with Gasteiger partial charge in [-0.25, -0.2) is 70.8 Å². The third-order valence-electron chi connectivity index (χ3n) is 14.3. The van der Waals surface area contributed by atoms with Crippen molar-refractivity contribution in [1.29, 1.82) is 0 Å². The Labute approximate surface area is 485 Å². The molecule has 5 heterocycles. The number of hydrogen-bond donors (Lipinski definition) is 14. The van der Waals surface area contributed by atoms with E-state index in [1.54, 1.807) is 0 Å². The Morgan fingerprint density at radius 2 is 0.602 bits per heavy atom. The number of aromatic nitrogens is 4. The van der Waals surface area contributed by atoms with Crippen LogP contribution >= 0.6 is 0 Å². The minimum absolute atomic E-state index is 0.539. The molecule has 0 amide bonds. The highest BCUT2D eigenvalue weighted by molar-refractivity contribution is 5.98. The molecule has 7 aromatic rings. The number of aryl methyl sites for hydroxylation is 2. The normalized spacial score (nSPS) is 13.7. The fraction of sp³-hybridized carbons (Fsp3) is 0.263. The average molecular weight is 1260 g/mol. The van der Waals surface area contributed by atoms with Crippen molar-refractivity contribution in [1.82, 2.24) is 19.9 Å². The first-order valence-corrected chi connectivity index (χ1v) is 26.1. The molecule has 8 bridgehead atoms. The van der Waals surface area contributed by atoms with Crippen LogP contribution in [-0.2, 0) is 12.8 Å². The second-order valence-electron chi connectivity index (χ2n) is 20.0. The predicted octanol–water partition coefficient (Wildman–Crippen LogP) is 8.39. The van der Waals surface area contributed by atoms with Gasteiger partial charge >= 0.3 is 0 Å². The molecular weight excluding hydrogens is 1210 g/mol. The molecule has 468 valence electrons. The number of benzene rings is 4. The smallest absolute Gasteiger partial charge is 0.185 e. The van der Waals surface area contributed by atoms with Gasteiger partial charge in [0.15, 0.2) is 87.3 Å². The molecule has 16 nitrogen and oxygen atoms in total. The van der Waals surface area contributed by atoms with Gasteiger partial charge in [0, 0.05) is 76.1 Å². The molecule has 4 atom stereocenters. The highest BCUT2D eigenvalue weighted by Gasteiger charge is 2.36. The van der Waals surface area contributed by atoms with E-state index in [0.717, 1.165) is 43.3 Å². The molecule has 4 aromatic carbocycles. The number of anilines is 4. The Bertz CT molecular complexity index is 3780. The molecule has 0 radical (unpaired) electrons. The molecule has 88 heavy (non-hydrogen) atoms. The standard InChI is InChI=1S/C57H47F15N8O8/c1-18-31(40(59)47(66)54(39(18)58)73-10-19(85)14-81)32-23-2-4-25(77-23)33(36-41(60)48(67)55(49(68)42(36)61)74-11-20(86)15-82)27-6-8-29(79-27)35(38-45(64)52(71)57(53(72)46(38)65)76-13-22(88)17-84)30-9-7-28(80-30)34(26-5-3-24(32)78-26)37-43(62)50(69)56(51(70)44(37)63)75-12-21(87)16-83/h2,4,6-9,19-22,73-77,80-88H,3,5,10-17H2,1H3. The Balaban J connectivity index is 1.50. The SMILES string of the molecule is Cc1c(F)c(NCC(O)CO)c(F)c(F)c1-c1c2nc(c(-c3c(F)c(F)c(NCC(O)CO)c(F)c3F)c3ccc([nH]3)c(-c3c(F)c(F)c(NCC(O)CO)c(F)c3F)c3nc(c(-c4c(F)c(F)c(NCC(O)CO)c(F)c4F)c4ccc1[nH]4)C=C3)CC2. The van der Waals surface area contributed by atoms with Crippen LogP contribution in [0.15, 0.2) is 24.3 Å². The fourth-order valence-corrected chi connectivity index (χ4v) is 9.94. The van der Waals surface area contributed by atoms with Crippen LogP contribution in [-0.4, -0.2) is 138 Å². The van der Waals surface area contributed by atoms with Crippen LogP contribution in [0.25, 0.3) is 78.7 Å². The van der Waals surface area contributed by atoms with Gasteiger partial charge in [-0.15, -0.1) is 0 Å². The van der Waals surface area contributed by atoms with Crippen molar-refractivity contribution in [2.75, 3.05) is 73.9 Å². The van der Waals surface area contributed by atoms with E-state index in [0.29, 0.717) is 0 Å². The summed E-state index contributed by atoms with van der Waals surface area (Å²) < 4.78 is 249. The van der Waals surface area contributed by atoms with E-state index in [-0.39, 0.29) is 0 Å². The number of aliphatic hydroxyl groups is 8. The van der Waals surface area contributed by atoms with E-state index in [2.05, 4.69) is 25.3 Å². The topological polar surface area (TPSA) is 267 Å². The van der Waals surface area contributed by atoms with E-state index in [1.807, 2.05) is 16.0 Å². The molecule has 2 aliphatic heterocycles. The zero-order valence-corrected chi connectivity index (χ0v) is 45.0. The molecule has 14 N–H and O–H groups in total. The van der Waals surface area contributed by atoms with Gasteiger partial charge in [0.05, 0.1) is 90.3 Å². The first kappa shape index (κ1) is 64.1. The molecule has 0 fully saturated rings. The zero-order valence-electron chi connectivity index (χ0n) is 45.0. The summed E-state index contributed by atoms with van der Waals surface area (Å²) in [5.41, 5.74) is -22.3. The first-order valence-electron chi connectivity index (χ1n) is 26.1. The lowest BCUT2D eigenvalue weighted by Crippen LogP contribution is -2.24. The molecule has 3 aromatic heterocycles. The number of fused-ring (bicyclic) bond motifs is 8. The van der Waals surface area contributed by atoms with Crippen LogP contribution in [0.3, 0.4) is 0 Å². The Hall–Kier alpha value is -8.43. The summed E-state index contributed by atoms with van der Waals surface area (Å²) in [6.45, 7) is -6.52. The molecule has 31 heteroatoms. The van der Waals surface area contributed by atoms with E-state index in [1.165, 1.54) is 0 Å². The molecule has 0 aliphatic carbocycles. The number of halogens is 15. The zero-order chi connectivity index (χ0) is 64.1. The van der Waals surface area contributed by atoms with Crippen LogP contribution in [0, 0.1) is 94.2 Å². The summed E-state index contributed by atoms with van der Waals surface area (Å²) in [4.78, 5) is 13.8. The van der Waals surface area contributed by atoms with Gasteiger partial charge in [-0.2, -0.15) is 0 Å². The second-order valence-corrected chi connectivity index (χ2v) is 20.0. The molecule has 2 aliphatic rings. The van der Waals surface area contributed by atoms with Crippen molar-refractivity contribution in [3.05, 3.63) is 140 Å². The van der Waals surface area contributed by atoms with E-state index in [4.69, 9.17) is 0 Å². The molecule has 0 saturated heterocycles. The summed E-state index contributed by atoms with van der Waals surface area (Å²) in [7, 11) is 0. The number of hydrogen-bond acceptors (Lipinski definition) is 14. The molecule has 0 saturated carbocycles. The maximum absolute atomic E-state index is 17.1. The van der Waals surface area contributed by atoms with Crippen molar-refractivity contribution in [2.24, 2.45) is 0 Å². The summed E-state index contributed by atoms with van der Waals surface area (Å²) in [6.07, 6.45) is -6.68. The number of H-pyrrole nitrogens is 2. The van der Waals surface area contributed by atoms with Gasteiger partial charge in [0.2, 0.25) is 0 Å². The predicted molar refractivity (Wildman–Crippen MR) is 290 cm³/mol. The van der Waals surface area contributed by atoms with Crippen molar-refractivity contribution < 1.29 is 107 Å². The number of nitrogens with zero attached hydrogens (tertiary/aromatic N) is 2. The minimum atomic E-state index is -2.27. The summed E-state index contributed by atoms with van der Waals surface area (Å²) >= 11 is 0. The van der Waals surface area contributed by atoms with Crippen LogP contribution in [0.2, 0.25) is 0 Å². The van der Waals surface area contributed by atoms with Crippen molar-refractivity contribution in [2.45, 2.75) is 44.2 Å². The van der Waals surface area contributed by atoms with Crippen molar-refractivity contribution >= 4 is 57.0 Å². The van der Waals surface area contributed by atoms with Crippen LogP contribution < -0.4 is 21.3 Å². The minimum Gasteiger partial charge on any atom is -0.394 e. The summed E-state index contributed by atoms with van der Waals surface area (Å²) in [5, 5.41) is 84.7. The third-order valence-corrected chi connectivity index (χ3v) is 14.3. The van der Waals surface area contributed by atoms with Gasteiger partial charge < -0.3 is 72.1 Å². The maximum Gasteiger partial charge on any atom is 0.185 e. The highest BCUT2D eigenvalue weighted by Crippen LogP contribution is 2.46. The quantitative estimate of drug-likeness (QED) is 0.0252. The maximum atomic E-state index is 17.1. The average Bonchev–Trinajstić information content (AvgIpc) is 3.16. The van der Waals surface area contributed by atoms with Gasteiger partial charge in [0.1, 0.15) is 22.7 Å². The van der Waals surface area contributed by atoms with E-state index >= 15 is 65.9 Å². The van der Waals surface area contributed by atoms with Crippen LogP contribution in [0.4, 0.5) is 88.6 Å². The van der Waals surface area contributed by atoms with E-state index in [9.17, 15) is 40.9 Å².